The van der Waals surface area contributed by atoms with E-state index in [1.165, 1.54) is 0 Å². The first-order valence-corrected chi connectivity index (χ1v) is 5.57. The highest BCUT2D eigenvalue weighted by atomic mass is 16.5. The predicted molar refractivity (Wildman–Crippen MR) is 59.3 cm³/mol. The first-order chi connectivity index (χ1) is 6.50. The fourth-order valence-corrected chi connectivity index (χ4v) is 2.01. The maximum absolute atomic E-state index is 5.90. The van der Waals surface area contributed by atoms with Crippen LogP contribution in [0, 0.1) is 5.92 Å². The molecule has 0 saturated carbocycles. The lowest BCUT2D eigenvalue weighted by atomic mass is 9.86. The van der Waals surface area contributed by atoms with Crippen molar-refractivity contribution in [2.45, 2.75) is 39.3 Å². The van der Waals surface area contributed by atoms with E-state index in [1.54, 1.807) is 0 Å². The zero-order valence-electron chi connectivity index (χ0n) is 9.92. The van der Waals surface area contributed by atoms with Crippen molar-refractivity contribution in [3.63, 3.8) is 0 Å². The number of nitrogens with two attached hydrogens (primary N) is 1. The Morgan fingerprint density at radius 2 is 2.21 bits per heavy atom. The van der Waals surface area contributed by atoms with Crippen LogP contribution in [0.1, 0.15) is 27.7 Å². The molecule has 1 aliphatic heterocycles. The van der Waals surface area contributed by atoms with E-state index in [-0.39, 0.29) is 5.54 Å². The van der Waals surface area contributed by atoms with Gasteiger partial charge in [-0.1, -0.05) is 13.8 Å². The fourth-order valence-electron chi connectivity index (χ4n) is 2.01. The lowest BCUT2D eigenvalue weighted by Gasteiger charge is -2.47. The molecule has 1 rings (SSSR count). The van der Waals surface area contributed by atoms with E-state index >= 15 is 0 Å². The summed E-state index contributed by atoms with van der Waals surface area (Å²) in [6.45, 7) is 12.4. The second-order valence-corrected chi connectivity index (χ2v) is 4.84. The van der Waals surface area contributed by atoms with Crippen LogP contribution < -0.4 is 5.73 Å². The Hall–Kier alpha value is -0.120. The molecule has 1 saturated heterocycles. The van der Waals surface area contributed by atoms with E-state index in [2.05, 4.69) is 32.6 Å². The molecule has 2 N–H and O–H groups in total. The predicted octanol–water partition coefficient (Wildman–Crippen LogP) is 1.08. The van der Waals surface area contributed by atoms with Crippen LogP contribution in [0.5, 0.6) is 0 Å². The first kappa shape index (κ1) is 12.0. The average molecular weight is 200 g/mol. The molecule has 0 spiro atoms. The van der Waals surface area contributed by atoms with Crippen LogP contribution in [-0.4, -0.2) is 42.8 Å². The molecule has 0 bridgehead atoms. The van der Waals surface area contributed by atoms with Gasteiger partial charge in [-0.3, -0.25) is 4.90 Å². The normalized spacial score (nSPS) is 29.1. The molecule has 84 valence electrons. The Kier molecular flexibility index (Phi) is 3.93. The molecule has 1 fully saturated rings. The van der Waals surface area contributed by atoms with E-state index in [4.69, 9.17) is 10.5 Å². The summed E-state index contributed by atoms with van der Waals surface area (Å²) in [4.78, 5) is 2.48. The molecule has 3 heteroatoms. The van der Waals surface area contributed by atoms with E-state index in [0.717, 1.165) is 26.2 Å². The second-order valence-electron chi connectivity index (χ2n) is 4.84. The van der Waals surface area contributed by atoms with Crippen LogP contribution in [0.4, 0.5) is 0 Å². The quantitative estimate of drug-likeness (QED) is 0.741. The minimum Gasteiger partial charge on any atom is -0.376 e. The largest absolute Gasteiger partial charge is 0.376 e. The Labute approximate surface area is 87.6 Å². The van der Waals surface area contributed by atoms with Gasteiger partial charge < -0.3 is 10.5 Å². The van der Waals surface area contributed by atoms with Crippen LogP contribution in [0.15, 0.2) is 0 Å². The van der Waals surface area contributed by atoms with Crippen molar-refractivity contribution in [2.24, 2.45) is 11.7 Å². The molecular formula is C11H24N2O. The highest BCUT2D eigenvalue weighted by molar-refractivity contribution is 4.92. The molecule has 0 aromatic heterocycles. The molecule has 2 unspecified atom stereocenters. The molecule has 0 aromatic carbocycles. The fraction of sp³-hybridized carbons (Fsp3) is 1.00. The minimum atomic E-state index is 0.123. The zero-order valence-corrected chi connectivity index (χ0v) is 9.92. The smallest absolute Gasteiger partial charge is 0.0674 e. The molecule has 2 atom stereocenters. The van der Waals surface area contributed by atoms with Gasteiger partial charge in [-0.25, -0.2) is 0 Å². The maximum atomic E-state index is 5.90. The van der Waals surface area contributed by atoms with Gasteiger partial charge in [-0.2, -0.15) is 0 Å². The van der Waals surface area contributed by atoms with Crippen LogP contribution in [0.25, 0.3) is 0 Å². The van der Waals surface area contributed by atoms with E-state index in [0.29, 0.717) is 12.0 Å². The molecule has 0 aliphatic carbocycles. The third-order valence-electron chi connectivity index (χ3n) is 3.62. The van der Waals surface area contributed by atoms with Crippen molar-refractivity contribution in [2.75, 3.05) is 26.2 Å². The molecule has 14 heavy (non-hydrogen) atoms. The lowest BCUT2D eigenvalue weighted by molar-refractivity contribution is -0.0678. The Balaban J connectivity index is 2.68. The maximum Gasteiger partial charge on any atom is 0.0674 e. The molecule has 1 heterocycles. The summed E-state index contributed by atoms with van der Waals surface area (Å²) in [7, 11) is 0. The minimum absolute atomic E-state index is 0.123. The second kappa shape index (κ2) is 4.60. The number of rotatable bonds is 3. The number of morpholine rings is 1. The van der Waals surface area contributed by atoms with Crippen molar-refractivity contribution in [1.82, 2.24) is 4.90 Å². The number of nitrogens with zero attached hydrogens (tertiary/aromatic N) is 1. The number of hydrogen-bond donors (Lipinski definition) is 1. The van der Waals surface area contributed by atoms with E-state index < -0.39 is 0 Å². The monoisotopic (exact) mass is 200 g/mol. The van der Waals surface area contributed by atoms with Crippen molar-refractivity contribution in [3.05, 3.63) is 0 Å². The average Bonchev–Trinajstić information content (AvgIpc) is 2.16. The van der Waals surface area contributed by atoms with Gasteiger partial charge in [0.2, 0.25) is 0 Å². The van der Waals surface area contributed by atoms with Gasteiger partial charge in [0, 0.05) is 25.2 Å². The summed E-state index contributed by atoms with van der Waals surface area (Å²) in [5, 5.41) is 0. The van der Waals surface area contributed by atoms with Crippen LogP contribution in [0.2, 0.25) is 0 Å². The first-order valence-electron chi connectivity index (χ1n) is 5.57. The van der Waals surface area contributed by atoms with Gasteiger partial charge in [0.1, 0.15) is 0 Å². The van der Waals surface area contributed by atoms with Gasteiger partial charge >= 0.3 is 0 Å². The number of hydrogen-bond acceptors (Lipinski definition) is 3. The van der Waals surface area contributed by atoms with Crippen LogP contribution in [0.3, 0.4) is 0 Å². The molecule has 0 amide bonds. The summed E-state index contributed by atoms with van der Waals surface area (Å²) in [5.41, 5.74) is 6.02. The topological polar surface area (TPSA) is 38.5 Å². The van der Waals surface area contributed by atoms with Crippen molar-refractivity contribution >= 4 is 0 Å². The molecule has 0 aromatic rings. The summed E-state index contributed by atoms with van der Waals surface area (Å²) < 4.78 is 5.54. The highest BCUT2D eigenvalue weighted by Gasteiger charge is 2.35. The number of ether oxygens (including phenoxy) is 1. The van der Waals surface area contributed by atoms with Gasteiger partial charge in [-0.05, 0) is 19.8 Å². The SMILES string of the molecule is CC1CN(C(C)(CN)C(C)C)CCO1. The summed E-state index contributed by atoms with van der Waals surface area (Å²) in [6.07, 6.45) is 0.341. The Morgan fingerprint density at radius 1 is 1.57 bits per heavy atom. The van der Waals surface area contributed by atoms with Gasteiger partial charge in [0.05, 0.1) is 12.7 Å². The molecule has 1 aliphatic rings. The van der Waals surface area contributed by atoms with E-state index in [9.17, 15) is 0 Å². The van der Waals surface area contributed by atoms with Crippen molar-refractivity contribution < 1.29 is 4.74 Å². The lowest BCUT2D eigenvalue weighted by Crippen LogP contribution is -2.59. The summed E-state index contributed by atoms with van der Waals surface area (Å²) in [5.74, 6) is 0.581. The standard InChI is InChI=1S/C11H24N2O/c1-9(2)11(4,8-12)13-5-6-14-10(3)7-13/h9-10H,5-8,12H2,1-4H3. The molecular weight excluding hydrogens is 176 g/mol. The van der Waals surface area contributed by atoms with Gasteiger partial charge in [0.15, 0.2) is 0 Å². The molecule has 0 radical (unpaired) electrons. The van der Waals surface area contributed by atoms with Crippen LogP contribution in [-0.2, 0) is 4.74 Å². The van der Waals surface area contributed by atoms with Crippen molar-refractivity contribution in [3.8, 4) is 0 Å². The summed E-state index contributed by atoms with van der Waals surface area (Å²) in [6, 6.07) is 0. The Bertz CT molecular complexity index is 184. The Morgan fingerprint density at radius 3 is 2.64 bits per heavy atom. The third-order valence-corrected chi connectivity index (χ3v) is 3.62. The van der Waals surface area contributed by atoms with Crippen molar-refractivity contribution in [1.29, 1.82) is 0 Å². The van der Waals surface area contributed by atoms with Gasteiger partial charge in [0.25, 0.3) is 0 Å². The van der Waals surface area contributed by atoms with E-state index in [1.807, 2.05) is 0 Å². The highest BCUT2D eigenvalue weighted by Crippen LogP contribution is 2.25. The zero-order chi connectivity index (χ0) is 10.8. The van der Waals surface area contributed by atoms with Crippen LogP contribution >= 0.6 is 0 Å². The summed E-state index contributed by atoms with van der Waals surface area (Å²) >= 11 is 0. The molecule has 3 nitrogen and oxygen atoms in total. The van der Waals surface area contributed by atoms with Gasteiger partial charge in [-0.15, -0.1) is 0 Å². The third kappa shape index (κ3) is 2.27.